The van der Waals surface area contributed by atoms with Gasteiger partial charge in [0.2, 0.25) is 0 Å². The molecule has 11 heavy (non-hydrogen) atoms. The second-order valence-electron chi connectivity index (χ2n) is 3.20. The van der Waals surface area contributed by atoms with Crippen molar-refractivity contribution in [2.75, 3.05) is 0 Å². The lowest BCUT2D eigenvalue weighted by atomic mass is 9.82. The first kappa shape index (κ1) is 8.90. The third-order valence-corrected chi connectivity index (χ3v) is 2.93. The number of hydrogen-bond donors (Lipinski definition) is 1. The van der Waals surface area contributed by atoms with E-state index in [0.29, 0.717) is 6.42 Å². The van der Waals surface area contributed by atoms with Gasteiger partial charge >= 0.3 is 0 Å². The van der Waals surface area contributed by atoms with Crippen LogP contribution in [-0.2, 0) is 0 Å². The van der Waals surface area contributed by atoms with E-state index in [1.165, 1.54) is 0 Å². The molecule has 0 unspecified atom stereocenters. The van der Waals surface area contributed by atoms with Crippen LogP contribution in [0.4, 0.5) is 0 Å². The van der Waals surface area contributed by atoms with E-state index < -0.39 is 5.60 Å². The third-order valence-electron chi connectivity index (χ3n) is 2.31. The Bertz CT molecular complexity index is 173. The molecule has 1 rings (SSSR count). The van der Waals surface area contributed by atoms with E-state index in [-0.39, 0.29) is 5.38 Å². The number of rotatable bonds is 1. The first-order valence-corrected chi connectivity index (χ1v) is 4.42. The van der Waals surface area contributed by atoms with E-state index in [4.69, 9.17) is 18.0 Å². The fraction of sp³-hybridized carbons (Fsp3) is 0.778. The van der Waals surface area contributed by atoms with Gasteiger partial charge in [-0.05, 0) is 12.8 Å². The van der Waals surface area contributed by atoms with Gasteiger partial charge in [-0.15, -0.1) is 23.9 Å². The van der Waals surface area contributed by atoms with Gasteiger partial charge in [0.05, 0.1) is 11.0 Å². The Morgan fingerprint density at radius 1 is 1.64 bits per heavy atom. The summed E-state index contributed by atoms with van der Waals surface area (Å²) in [5.74, 6) is 2.47. The molecule has 0 aromatic heterocycles. The molecule has 1 aliphatic rings. The summed E-state index contributed by atoms with van der Waals surface area (Å²) in [6, 6.07) is 0. The highest BCUT2D eigenvalue weighted by molar-refractivity contribution is 6.21. The molecule has 1 aliphatic carbocycles. The number of terminal acetylenes is 1. The van der Waals surface area contributed by atoms with Gasteiger partial charge in [0.25, 0.3) is 0 Å². The number of alkyl halides is 1. The molecule has 62 valence electrons. The number of aliphatic hydroxyl groups is 1. The summed E-state index contributed by atoms with van der Waals surface area (Å²) in [6.07, 6.45) is 9.33. The van der Waals surface area contributed by atoms with E-state index in [2.05, 4.69) is 5.92 Å². The third kappa shape index (κ3) is 1.89. The molecule has 0 radical (unpaired) electrons. The van der Waals surface area contributed by atoms with Crippen LogP contribution in [0.2, 0.25) is 0 Å². The zero-order chi connectivity index (χ0) is 8.32. The van der Waals surface area contributed by atoms with Gasteiger partial charge in [0, 0.05) is 6.42 Å². The SMILES string of the molecule is C#CC[C@@]1(O)CCCC[C@@H]1Cl. The average molecular weight is 173 g/mol. The van der Waals surface area contributed by atoms with E-state index in [0.717, 1.165) is 25.7 Å². The monoisotopic (exact) mass is 172 g/mol. The molecule has 0 heterocycles. The average Bonchev–Trinajstić information content (AvgIpc) is 1.96. The van der Waals surface area contributed by atoms with E-state index in [1.807, 2.05) is 0 Å². The molecule has 0 aliphatic heterocycles. The van der Waals surface area contributed by atoms with Crippen molar-refractivity contribution in [3.8, 4) is 12.3 Å². The van der Waals surface area contributed by atoms with Crippen LogP contribution in [0.3, 0.4) is 0 Å². The fourth-order valence-electron chi connectivity index (χ4n) is 1.56. The normalized spacial score (nSPS) is 38.1. The Hall–Kier alpha value is -0.190. The van der Waals surface area contributed by atoms with Crippen molar-refractivity contribution in [2.24, 2.45) is 0 Å². The molecule has 2 atom stereocenters. The second-order valence-corrected chi connectivity index (χ2v) is 3.72. The molecule has 1 saturated carbocycles. The van der Waals surface area contributed by atoms with Crippen molar-refractivity contribution in [1.82, 2.24) is 0 Å². The molecular weight excluding hydrogens is 160 g/mol. The molecule has 0 bridgehead atoms. The van der Waals surface area contributed by atoms with Gasteiger partial charge in [-0.25, -0.2) is 0 Å². The van der Waals surface area contributed by atoms with Crippen LogP contribution < -0.4 is 0 Å². The van der Waals surface area contributed by atoms with Crippen molar-refractivity contribution in [3.63, 3.8) is 0 Å². The summed E-state index contributed by atoms with van der Waals surface area (Å²) in [4.78, 5) is 0. The smallest absolute Gasteiger partial charge is 0.0919 e. The maximum Gasteiger partial charge on any atom is 0.0919 e. The standard InChI is InChI=1S/C9H13ClO/c1-2-6-9(11)7-4-3-5-8(9)10/h1,8,11H,3-7H2/t8-,9+/m0/s1. The molecule has 0 saturated heterocycles. The zero-order valence-corrected chi connectivity index (χ0v) is 7.27. The van der Waals surface area contributed by atoms with Gasteiger partial charge in [-0.3, -0.25) is 0 Å². The molecule has 0 aromatic carbocycles. The molecule has 0 amide bonds. The van der Waals surface area contributed by atoms with Crippen LogP contribution in [0.1, 0.15) is 32.1 Å². The maximum absolute atomic E-state index is 9.87. The molecule has 2 heteroatoms. The van der Waals surface area contributed by atoms with Crippen molar-refractivity contribution in [2.45, 2.75) is 43.1 Å². The number of halogens is 1. The quantitative estimate of drug-likeness (QED) is 0.474. The van der Waals surface area contributed by atoms with Gasteiger partial charge < -0.3 is 5.11 Å². The summed E-state index contributed by atoms with van der Waals surface area (Å²) in [6.45, 7) is 0. The molecule has 1 fully saturated rings. The number of hydrogen-bond acceptors (Lipinski definition) is 1. The van der Waals surface area contributed by atoms with Gasteiger partial charge in [0.1, 0.15) is 0 Å². The van der Waals surface area contributed by atoms with Gasteiger partial charge in [-0.2, -0.15) is 0 Å². The fourth-order valence-corrected chi connectivity index (χ4v) is 1.90. The Morgan fingerprint density at radius 3 is 2.91 bits per heavy atom. The lowest BCUT2D eigenvalue weighted by Gasteiger charge is -2.34. The van der Waals surface area contributed by atoms with E-state index >= 15 is 0 Å². The van der Waals surface area contributed by atoms with Crippen molar-refractivity contribution in [1.29, 1.82) is 0 Å². The minimum atomic E-state index is -0.783. The molecule has 1 N–H and O–H groups in total. The Labute approximate surface area is 72.7 Å². The Morgan fingerprint density at radius 2 is 2.36 bits per heavy atom. The van der Waals surface area contributed by atoms with Crippen LogP contribution in [0.15, 0.2) is 0 Å². The highest BCUT2D eigenvalue weighted by atomic mass is 35.5. The highest BCUT2D eigenvalue weighted by Crippen LogP contribution is 2.34. The molecule has 0 aromatic rings. The zero-order valence-electron chi connectivity index (χ0n) is 6.52. The van der Waals surface area contributed by atoms with E-state index in [1.54, 1.807) is 0 Å². The van der Waals surface area contributed by atoms with Crippen molar-refractivity contribution in [3.05, 3.63) is 0 Å². The van der Waals surface area contributed by atoms with Crippen molar-refractivity contribution < 1.29 is 5.11 Å². The maximum atomic E-state index is 9.87. The lowest BCUT2D eigenvalue weighted by Crippen LogP contribution is -2.41. The summed E-state index contributed by atoms with van der Waals surface area (Å²) >= 11 is 5.96. The van der Waals surface area contributed by atoms with Gasteiger partial charge in [0.15, 0.2) is 0 Å². The van der Waals surface area contributed by atoms with E-state index in [9.17, 15) is 5.11 Å². The van der Waals surface area contributed by atoms with Crippen LogP contribution >= 0.6 is 11.6 Å². The summed E-state index contributed by atoms with van der Waals surface area (Å²) in [7, 11) is 0. The summed E-state index contributed by atoms with van der Waals surface area (Å²) in [5.41, 5.74) is -0.783. The summed E-state index contributed by atoms with van der Waals surface area (Å²) < 4.78 is 0. The Kier molecular flexibility index (Phi) is 2.81. The first-order chi connectivity index (χ1) is 5.19. The predicted octanol–water partition coefficient (Wildman–Crippen LogP) is 1.92. The Balaban J connectivity index is 2.58. The topological polar surface area (TPSA) is 20.2 Å². The molecular formula is C9H13ClO. The second kappa shape index (κ2) is 3.47. The minimum absolute atomic E-state index is 0.146. The van der Waals surface area contributed by atoms with Gasteiger partial charge in [-0.1, -0.05) is 12.8 Å². The van der Waals surface area contributed by atoms with Crippen LogP contribution in [0.25, 0.3) is 0 Å². The largest absolute Gasteiger partial charge is 0.387 e. The van der Waals surface area contributed by atoms with Crippen LogP contribution in [0.5, 0.6) is 0 Å². The summed E-state index contributed by atoms with van der Waals surface area (Å²) in [5, 5.41) is 9.72. The molecule has 0 spiro atoms. The van der Waals surface area contributed by atoms with Crippen molar-refractivity contribution >= 4 is 11.6 Å². The lowest BCUT2D eigenvalue weighted by molar-refractivity contribution is 0.0133. The highest BCUT2D eigenvalue weighted by Gasteiger charge is 2.36. The van der Waals surface area contributed by atoms with Crippen LogP contribution in [0, 0.1) is 12.3 Å². The van der Waals surface area contributed by atoms with Crippen LogP contribution in [-0.4, -0.2) is 16.1 Å². The first-order valence-electron chi connectivity index (χ1n) is 3.99. The minimum Gasteiger partial charge on any atom is -0.387 e. The predicted molar refractivity (Wildman–Crippen MR) is 46.5 cm³/mol. The molecule has 1 nitrogen and oxygen atoms in total.